The van der Waals surface area contributed by atoms with Crippen molar-refractivity contribution < 1.29 is 4.79 Å². The van der Waals surface area contributed by atoms with Gasteiger partial charge in [0.05, 0.1) is 18.6 Å². The number of rotatable bonds is 4. The van der Waals surface area contributed by atoms with Crippen LogP contribution in [0, 0.1) is 6.92 Å². The molecule has 0 aliphatic carbocycles. The number of benzene rings is 1. The molecule has 2 aliphatic heterocycles. The molecule has 1 aromatic rings. The Morgan fingerprint density at radius 3 is 2.96 bits per heavy atom. The molecule has 0 bridgehead atoms. The van der Waals surface area contributed by atoms with Crippen molar-refractivity contribution in [2.24, 2.45) is 4.99 Å². The second-order valence-electron chi connectivity index (χ2n) is 6.81. The minimum Gasteiger partial charge on any atom is -0.325 e. The summed E-state index contributed by atoms with van der Waals surface area (Å²) in [5, 5.41) is 0. The maximum Gasteiger partial charge on any atom is 0.154 e. The van der Waals surface area contributed by atoms with Gasteiger partial charge in [0.15, 0.2) is 5.78 Å². The number of ketones is 1. The van der Waals surface area contributed by atoms with Gasteiger partial charge in [-0.1, -0.05) is 28.9 Å². The molecule has 4 nitrogen and oxygen atoms in total. The molecule has 5 heteroatoms. The van der Waals surface area contributed by atoms with Crippen molar-refractivity contribution in [3.05, 3.63) is 34.3 Å². The average Bonchev–Trinajstić information content (AvgIpc) is 2.54. The van der Waals surface area contributed by atoms with Crippen molar-refractivity contribution in [3.63, 3.8) is 0 Å². The Morgan fingerprint density at radius 1 is 1.42 bits per heavy atom. The van der Waals surface area contributed by atoms with Crippen LogP contribution in [-0.4, -0.2) is 48.1 Å². The van der Waals surface area contributed by atoms with Crippen LogP contribution in [0.15, 0.2) is 28.2 Å². The maximum atomic E-state index is 12.5. The zero-order chi connectivity index (χ0) is 17.3. The van der Waals surface area contributed by atoms with Gasteiger partial charge in [0.25, 0.3) is 0 Å². The Balaban J connectivity index is 1.67. The maximum absolute atomic E-state index is 12.5. The first-order valence-corrected chi connectivity index (χ1v) is 9.27. The van der Waals surface area contributed by atoms with Crippen LogP contribution < -0.4 is 0 Å². The van der Waals surface area contributed by atoms with E-state index in [4.69, 9.17) is 0 Å². The highest BCUT2D eigenvalue weighted by molar-refractivity contribution is 9.10. The van der Waals surface area contributed by atoms with E-state index in [1.54, 1.807) is 6.34 Å². The van der Waals surface area contributed by atoms with Crippen molar-refractivity contribution >= 4 is 39.4 Å². The summed E-state index contributed by atoms with van der Waals surface area (Å²) >= 11 is 3.53. The highest BCUT2D eigenvalue weighted by atomic mass is 79.9. The van der Waals surface area contributed by atoms with E-state index in [-0.39, 0.29) is 5.78 Å². The van der Waals surface area contributed by atoms with Gasteiger partial charge in [-0.3, -0.25) is 4.79 Å². The molecular formula is C19H24BrN3O. The number of aliphatic imine (C=N–C) groups is 1. The lowest BCUT2D eigenvalue weighted by atomic mass is 9.98. The van der Waals surface area contributed by atoms with Gasteiger partial charge < -0.3 is 9.80 Å². The number of Topliss-reactive ketones (excluding diaryl/α,β-unsaturated/α-hetero) is 1. The van der Waals surface area contributed by atoms with E-state index >= 15 is 0 Å². The van der Waals surface area contributed by atoms with Crippen LogP contribution in [-0.2, 0) is 4.79 Å². The third kappa shape index (κ3) is 3.62. The van der Waals surface area contributed by atoms with Crippen molar-refractivity contribution in [3.8, 4) is 0 Å². The van der Waals surface area contributed by atoms with Crippen LogP contribution in [0.1, 0.15) is 36.8 Å². The largest absolute Gasteiger partial charge is 0.325 e. The van der Waals surface area contributed by atoms with Crippen LogP contribution in [0.2, 0.25) is 0 Å². The SMILES string of the molecule is C=C1c2cc(C)c(Br)cc2N=CN1CC(=O)CC1CCCCN1C. The second kappa shape index (κ2) is 7.19. The Kier molecular flexibility index (Phi) is 5.21. The van der Waals surface area contributed by atoms with Gasteiger partial charge in [0.2, 0.25) is 0 Å². The topological polar surface area (TPSA) is 35.9 Å². The molecule has 0 N–H and O–H groups in total. The van der Waals surface area contributed by atoms with Crippen LogP contribution in [0.5, 0.6) is 0 Å². The molecule has 1 aromatic carbocycles. The number of nitrogens with zero attached hydrogens (tertiary/aromatic N) is 3. The summed E-state index contributed by atoms with van der Waals surface area (Å²) in [6.45, 7) is 7.67. The molecule has 1 atom stereocenters. The average molecular weight is 390 g/mol. The lowest BCUT2D eigenvalue weighted by Crippen LogP contribution is -2.39. The molecule has 1 unspecified atom stereocenters. The molecule has 2 aliphatic rings. The molecule has 2 heterocycles. The van der Waals surface area contributed by atoms with E-state index in [1.165, 1.54) is 12.8 Å². The number of hydrogen-bond acceptors (Lipinski definition) is 4. The van der Waals surface area contributed by atoms with Crippen LogP contribution in [0.25, 0.3) is 5.70 Å². The number of piperidine rings is 1. The summed E-state index contributed by atoms with van der Waals surface area (Å²) in [6.07, 6.45) is 5.92. The van der Waals surface area contributed by atoms with E-state index in [0.29, 0.717) is 19.0 Å². The molecule has 0 saturated carbocycles. The third-order valence-corrected chi connectivity index (χ3v) is 5.86. The highest BCUT2D eigenvalue weighted by Gasteiger charge is 2.24. The van der Waals surface area contributed by atoms with E-state index in [2.05, 4.69) is 45.5 Å². The quantitative estimate of drug-likeness (QED) is 0.775. The summed E-state index contributed by atoms with van der Waals surface area (Å²) < 4.78 is 1.04. The zero-order valence-electron chi connectivity index (χ0n) is 14.4. The van der Waals surface area contributed by atoms with Crippen molar-refractivity contribution in [1.29, 1.82) is 0 Å². The molecule has 0 aromatic heterocycles. The summed E-state index contributed by atoms with van der Waals surface area (Å²) in [7, 11) is 2.12. The molecule has 3 rings (SSSR count). The van der Waals surface area contributed by atoms with Crippen molar-refractivity contribution in [2.45, 2.75) is 38.6 Å². The fraction of sp³-hybridized carbons (Fsp3) is 0.474. The summed E-state index contributed by atoms with van der Waals surface area (Å²) in [6, 6.07) is 4.46. The lowest BCUT2D eigenvalue weighted by Gasteiger charge is -2.33. The molecule has 24 heavy (non-hydrogen) atoms. The minimum atomic E-state index is 0.249. The van der Waals surface area contributed by atoms with E-state index in [1.807, 2.05) is 17.9 Å². The van der Waals surface area contributed by atoms with Gasteiger partial charge in [-0.2, -0.15) is 0 Å². The summed E-state index contributed by atoms with van der Waals surface area (Å²) in [5.41, 5.74) is 3.89. The molecule has 0 spiro atoms. The number of likely N-dealkylation sites (tertiary alicyclic amines) is 1. The van der Waals surface area contributed by atoms with E-state index in [9.17, 15) is 4.79 Å². The van der Waals surface area contributed by atoms with Gasteiger partial charge in [0.1, 0.15) is 0 Å². The Hall–Kier alpha value is -1.46. The predicted molar refractivity (Wildman–Crippen MR) is 103 cm³/mol. The van der Waals surface area contributed by atoms with Crippen molar-refractivity contribution in [1.82, 2.24) is 9.80 Å². The van der Waals surface area contributed by atoms with Gasteiger partial charge >= 0.3 is 0 Å². The van der Waals surface area contributed by atoms with Crippen LogP contribution in [0.4, 0.5) is 5.69 Å². The first-order chi connectivity index (χ1) is 11.5. The standard InChI is InChI=1S/C19H24BrN3O/c1-13-8-17-14(2)23(12-21-19(17)10-18(13)20)11-16(24)9-15-6-4-5-7-22(15)3/h8,10,12,15H,2,4-7,9,11H2,1,3H3. The minimum absolute atomic E-state index is 0.249. The van der Waals surface area contributed by atoms with Gasteiger partial charge in [-0.15, -0.1) is 0 Å². The first-order valence-electron chi connectivity index (χ1n) is 8.48. The van der Waals surface area contributed by atoms with E-state index < -0.39 is 0 Å². The van der Waals surface area contributed by atoms with E-state index in [0.717, 1.165) is 39.9 Å². The van der Waals surface area contributed by atoms with Gasteiger partial charge in [0, 0.05) is 28.2 Å². The number of halogens is 1. The Labute approximate surface area is 152 Å². The van der Waals surface area contributed by atoms with Crippen LogP contribution in [0.3, 0.4) is 0 Å². The number of aryl methyl sites for hydroxylation is 1. The van der Waals surface area contributed by atoms with Gasteiger partial charge in [-0.25, -0.2) is 4.99 Å². The number of carbonyl (C=O) groups is 1. The predicted octanol–water partition coefficient (Wildman–Crippen LogP) is 4.15. The number of hydrogen-bond donors (Lipinski definition) is 0. The molecule has 0 radical (unpaired) electrons. The monoisotopic (exact) mass is 389 g/mol. The first kappa shape index (κ1) is 17.4. The van der Waals surface area contributed by atoms with Crippen molar-refractivity contribution in [2.75, 3.05) is 20.1 Å². The Morgan fingerprint density at radius 2 is 2.21 bits per heavy atom. The number of fused-ring (bicyclic) bond motifs is 1. The lowest BCUT2D eigenvalue weighted by molar-refractivity contribution is -0.120. The third-order valence-electron chi connectivity index (χ3n) is 5.00. The number of carbonyl (C=O) groups excluding carboxylic acids is 1. The molecule has 1 fully saturated rings. The van der Waals surface area contributed by atoms with Crippen LogP contribution >= 0.6 is 15.9 Å². The summed E-state index contributed by atoms with van der Waals surface area (Å²) in [5.74, 6) is 0.249. The summed E-state index contributed by atoms with van der Waals surface area (Å²) in [4.78, 5) is 21.2. The Bertz CT molecular complexity index is 698. The second-order valence-corrected chi connectivity index (χ2v) is 7.67. The fourth-order valence-corrected chi connectivity index (χ4v) is 3.75. The van der Waals surface area contributed by atoms with Gasteiger partial charge in [-0.05, 0) is 51.1 Å². The fourth-order valence-electron chi connectivity index (χ4n) is 3.42. The molecule has 128 valence electrons. The normalized spacial score (nSPS) is 21.0. The smallest absolute Gasteiger partial charge is 0.154 e. The molecule has 0 amide bonds. The zero-order valence-corrected chi connectivity index (χ0v) is 16.0. The highest BCUT2D eigenvalue weighted by Crippen LogP contribution is 2.35. The molecule has 1 saturated heterocycles. The molecular weight excluding hydrogens is 366 g/mol.